The van der Waals surface area contributed by atoms with Gasteiger partial charge in [0.2, 0.25) is 0 Å². The zero-order chi connectivity index (χ0) is 15.9. The van der Waals surface area contributed by atoms with Gasteiger partial charge in [-0.3, -0.25) is 4.90 Å². The number of carbonyl (C=O) groups excluding carboxylic acids is 1. The molecule has 0 aliphatic carbocycles. The summed E-state index contributed by atoms with van der Waals surface area (Å²) >= 11 is 0. The first-order valence-electron chi connectivity index (χ1n) is 7.66. The molecule has 4 heteroatoms. The van der Waals surface area contributed by atoms with Crippen molar-refractivity contribution in [3.63, 3.8) is 0 Å². The topological polar surface area (TPSA) is 42.7 Å². The first-order valence-corrected chi connectivity index (χ1v) is 7.66. The number of hydrogen-bond acceptors (Lipinski definition) is 4. The summed E-state index contributed by atoms with van der Waals surface area (Å²) in [6.45, 7) is 7.78. The van der Waals surface area contributed by atoms with Crippen LogP contribution in [0.4, 0.5) is 0 Å². The number of carbonyl (C=O) groups is 1. The average Bonchev–Trinajstić information content (AvgIpc) is 2.96. The molecule has 0 N–H and O–H groups in total. The van der Waals surface area contributed by atoms with Crippen LogP contribution in [0.2, 0.25) is 0 Å². The Bertz CT molecular complexity index is 587. The van der Waals surface area contributed by atoms with E-state index in [0.29, 0.717) is 0 Å². The Morgan fingerprint density at radius 1 is 1.18 bits per heavy atom. The van der Waals surface area contributed by atoms with Crippen LogP contribution in [0.5, 0.6) is 0 Å². The molecule has 0 saturated carbocycles. The molecule has 1 atom stereocenters. The van der Waals surface area contributed by atoms with E-state index in [-0.39, 0.29) is 18.6 Å². The number of ether oxygens (including phenoxy) is 1. The van der Waals surface area contributed by atoms with Crippen LogP contribution in [0.25, 0.3) is 0 Å². The van der Waals surface area contributed by atoms with Crippen molar-refractivity contribution >= 4 is 5.97 Å². The molecule has 22 heavy (non-hydrogen) atoms. The molecule has 0 spiro atoms. The highest BCUT2D eigenvalue weighted by Gasteiger charge is 2.27. The normalized spacial score (nSPS) is 12.4. The number of esters is 1. The monoisotopic (exact) mass is 301 g/mol. The molecule has 0 saturated heterocycles. The van der Waals surface area contributed by atoms with E-state index in [2.05, 4.69) is 4.90 Å². The van der Waals surface area contributed by atoms with Gasteiger partial charge >= 0.3 is 5.97 Å². The number of aryl methyl sites for hydroxylation is 1. The molecule has 0 aliphatic rings. The summed E-state index contributed by atoms with van der Waals surface area (Å²) < 4.78 is 10.8. The van der Waals surface area contributed by atoms with Crippen molar-refractivity contribution in [2.45, 2.75) is 33.4 Å². The highest BCUT2D eigenvalue weighted by atomic mass is 16.5. The molecule has 1 aromatic heterocycles. The van der Waals surface area contributed by atoms with E-state index >= 15 is 0 Å². The maximum Gasteiger partial charge on any atom is 0.328 e. The third-order valence-corrected chi connectivity index (χ3v) is 3.85. The smallest absolute Gasteiger partial charge is 0.328 e. The number of hydrogen-bond donors (Lipinski definition) is 0. The largest absolute Gasteiger partial charge is 0.469 e. The van der Waals surface area contributed by atoms with E-state index in [1.807, 2.05) is 57.2 Å². The summed E-state index contributed by atoms with van der Waals surface area (Å²) in [7, 11) is 0. The molecule has 1 aromatic carbocycles. The van der Waals surface area contributed by atoms with Gasteiger partial charge in [-0.05, 0) is 31.6 Å². The van der Waals surface area contributed by atoms with Crippen molar-refractivity contribution in [1.29, 1.82) is 0 Å². The fraction of sp³-hybridized carbons (Fsp3) is 0.389. The van der Waals surface area contributed by atoms with Crippen LogP contribution in [0.3, 0.4) is 0 Å². The molecule has 0 fully saturated rings. The minimum absolute atomic E-state index is 0.226. The Labute approximate surface area is 131 Å². The predicted molar refractivity (Wildman–Crippen MR) is 85.3 cm³/mol. The summed E-state index contributed by atoms with van der Waals surface area (Å²) in [5.74, 6) is 0.558. The summed E-state index contributed by atoms with van der Waals surface area (Å²) in [4.78, 5) is 14.7. The minimum Gasteiger partial charge on any atom is -0.469 e. The molecular weight excluding hydrogens is 278 g/mol. The van der Waals surface area contributed by atoms with Gasteiger partial charge in [-0.2, -0.15) is 0 Å². The van der Waals surface area contributed by atoms with Gasteiger partial charge in [0.05, 0.1) is 6.26 Å². The minimum atomic E-state index is -0.372. The zero-order valence-electron chi connectivity index (χ0n) is 13.4. The van der Waals surface area contributed by atoms with Gasteiger partial charge in [0.1, 0.15) is 18.4 Å². The van der Waals surface area contributed by atoms with Gasteiger partial charge in [0.25, 0.3) is 0 Å². The van der Waals surface area contributed by atoms with E-state index in [9.17, 15) is 4.79 Å². The summed E-state index contributed by atoms with van der Waals surface area (Å²) in [5.41, 5.74) is 1.86. The average molecular weight is 301 g/mol. The summed E-state index contributed by atoms with van der Waals surface area (Å²) in [5, 5.41) is 0. The summed E-state index contributed by atoms with van der Waals surface area (Å²) in [6, 6.07) is 11.2. The van der Waals surface area contributed by atoms with E-state index < -0.39 is 0 Å². The fourth-order valence-corrected chi connectivity index (χ4v) is 2.51. The van der Waals surface area contributed by atoms with Gasteiger partial charge in [-0.15, -0.1) is 0 Å². The van der Waals surface area contributed by atoms with Crippen LogP contribution in [0.1, 0.15) is 36.8 Å². The maximum absolute atomic E-state index is 12.6. The molecule has 1 unspecified atom stereocenters. The lowest BCUT2D eigenvalue weighted by molar-refractivity contribution is -0.151. The van der Waals surface area contributed by atoms with E-state index in [0.717, 1.165) is 30.0 Å². The van der Waals surface area contributed by atoms with Crippen LogP contribution < -0.4 is 0 Å². The molecule has 0 radical (unpaired) electrons. The number of furan rings is 1. The van der Waals surface area contributed by atoms with Crippen LogP contribution >= 0.6 is 0 Å². The van der Waals surface area contributed by atoms with Gasteiger partial charge in [0, 0.05) is 5.56 Å². The predicted octanol–water partition coefficient (Wildman–Crippen LogP) is 3.71. The molecular formula is C18H23NO3. The highest BCUT2D eigenvalue weighted by molar-refractivity contribution is 5.77. The number of benzene rings is 1. The van der Waals surface area contributed by atoms with Crippen molar-refractivity contribution in [3.8, 4) is 0 Å². The van der Waals surface area contributed by atoms with Crippen LogP contribution in [-0.2, 0) is 16.1 Å². The van der Waals surface area contributed by atoms with Crippen LogP contribution in [0, 0.1) is 6.92 Å². The van der Waals surface area contributed by atoms with Gasteiger partial charge < -0.3 is 9.15 Å². The quantitative estimate of drug-likeness (QED) is 0.731. The first-order chi connectivity index (χ1) is 10.7. The van der Waals surface area contributed by atoms with Gasteiger partial charge in [0.15, 0.2) is 0 Å². The van der Waals surface area contributed by atoms with Gasteiger partial charge in [-0.25, -0.2) is 4.79 Å². The SMILES string of the molecule is CCN(CC)C(C(=O)OCc1ccoc1C)c1ccccc1. The standard InChI is InChI=1S/C18H23NO3/c1-4-19(5-2)17(15-9-7-6-8-10-15)18(20)22-13-16-11-12-21-14(16)3/h6-12,17H,4-5,13H2,1-3H3. The van der Waals surface area contributed by atoms with Gasteiger partial charge in [-0.1, -0.05) is 44.2 Å². The Kier molecular flexibility index (Phi) is 5.78. The molecule has 2 rings (SSSR count). The Hall–Kier alpha value is -2.07. The second-order valence-electron chi connectivity index (χ2n) is 5.14. The fourth-order valence-electron chi connectivity index (χ4n) is 2.51. The highest BCUT2D eigenvalue weighted by Crippen LogP contribution is 2.23. The van der Waals surface area contributed by atoms with Crippen molar-refractivity contribution in [3.05, 3.63) is 59.5 Å². The molecule has 118 valence electrons. The third-order valence-electron chi connectivity index (χ3n) is 3.85. The maximum atomic E-state index is 12.6. The lowest BCUT2D eigenvalue weighted by atomic mass is 10.1. The Morgan fingerprint density at radius 3 is 2.41 bits per heavy atom. The Balaban J connectivity index is 2.14. The first kappa shape index (κ1) is 16.3. The van der Waals surface area contributed by atoms with Crippen LogP contribution in [-0.4, -0.2) is 24.0 Å². The van der Waals surface area contributed by atoms with Crippen molar-refractivity contribution in [2.24, 2.45) is 0 Å². The molecule has 4 nitrogen and oxygen atoms in total. The summed E-state index contributed by atoms with van der Waals surface area (Å²) in [6.07, 6.45) is 1.61. The van der Waals surface area contributed by atoms with Crippen molar-refractivity contribution in [2.75, 3.05) is 13.1 Å². The van der Waals surface area contributed by atoms with Crippen molar-refractivity contribution < 1.29 is 13.9 Å². The Morgan fingerprint density at radius 2 is 1.86 bits per heavy atom. The lowest BCUT2D eigenvalue weighted by Crippen LogP contribution is -2.35. The van der Waals surface area contributed by atoms with E-state index in [1.54, 1.807) is 6.26 Å². The molecule has 1 heterocycles. The molecule has 0 aliphatic heterocycles. The van der Waals surface area contributed by atoms with E-state index in [1.165, 1.54) is 0 Å². The van der Waals surface area contributed by atoms with Crippen LogP contribution in [0.15, 0.2) is 47.1 Å². The third kappa shape index (κ3) is 3.77. The molecule has 0 amide bonds. The zero-order valence-corrected chi connectivity index (χ0v) is 13.4. The second-order valence-corrected chi connectivity index (χ2v) is 5.14. The molecule has 0 bridgehead atoms. The molecule has 2 aromatic rings. The lowest BCUT2D eigenvalue weighted by Gasteiger charge is -2.28. The number of nitrogens with zero attached hydrogens (tertiary/aromatic N) is 1. The van der Waals surface area contributed by atoms with Crippen molar-refractivity contribution in [1.82, 2.24) is 4.90 Å². The number of likely N-dealkylation sites (N-methyl/N-ethyl adjacent to an activating group) is 1. The van der Waals surface area contributed by atoms with E-state index in [4.69, 9.17) is 9.15 Å². The number of rotatable bonds is 7. The second kappa shape index (κ2) is 7.80.